The summed E-state index contributed by atoms with van der Waals surface area (Å²) in [5, 5.41) is 12.3. The van der Waals surface area contributed by atoms with Gasteiger partial charge in [-0.2, -0.15) is 0 Å². The lowest BCUT2D eigenvalue weighted by molar-refractivity contribution is 0.0628. The molecule has 1 saturated heterocycles. The molecule has 26 heavy (non-hydrogen) atoms. The van der Waals surface area contributed by atoms with E-state index >= 15 is 0 Å². The summed E-state index contributed by atoms with van der Waals surface area (Å²) in [7, 11) is -0.633. The maximum absolute atomic E-state index is 12.6. The van der Waals surface area contributed by atoms with Crippen LogP contribution in [0.5, 0.6) is 0 Å². The highest BCUT2D eigenvalue weighted by Crippen LogP contribution is 2.15. The number of piperazine rings is 1. The summed E-state index contributed by atoms with van der Waals surface area (Å²) >= 11 is 3.39. The molecule has 2 N–H and O–H groups in total. The number of pyridine rings is 1. The maximum Gasteiger partial charge on any atom is 0.408 e. The van der Waals surface area contributed by atoms with Crippen molar-refractivity contribution in [3.05, 3.63) is 58.2 Å². The van der Waals surface area contributed by atoms with Crippen LogP contribution < -0.4 is 5.23 Å². The predicted octanol–water partition coefficient (Wildman–Crippen LogP) is 2.32. The molecule has 1 aromatic heterocycles. The highest BCUT2D eigenvalue weighted by molar-refractivity contribution is 9.10. The van der Waals surface area contributed by atoms with Crippen molar-refractivity contribution in [2.75, 3.05) is 31.4 Å². The summed E-state index contributed by atoms with van der Waals surface area (Å²) in [6, 6.07) is 11.4. The number of hydrogen-bond donors (Lipinski definition) is 2. The lowest BCUT2D eigenvalue weighted by atomic mass is 9.89. The molecule has 0 bridgehead atoms. The standard InChI is InChI=1S/C18H22BBrN4O2/c1-19(26)22-17-12-14(6-7-21-17)13-23-8-10-24(11-9-23)18(25)15-2-4-16(20)5-3-15/h2-7,12,26H,8-11,13H2,1H3,(H,21,22). The number of halogens is 1. The third-order valence-electron chi connectivity index (χ3n) is 4.34. The quantitative estimate of drug-likeness (QED) is 0.732. The fraction of sp³-hybridized carbons (Fsp3) is 0.333. The molecule has 0 spiro atoms. The van der Waals surface area contributed by atoms with Gasteiger partial charge in [0.15, 0.2) is 0 Å². The molecule has 6 nitrogen and oxygen atoms in total. The summed E-state index contributed by atoms with van der Waals surface area (Å²) < 4.78 is 0.973. The van der Waals surface area contributed by atoms with Gasteiger partial charge in [0.1, 0.15) is 5.82 Å². The van der Waals surface area contributed by atoms with Crippen molar-refractivity contribution >= 4 is 34.7 Å². The summed E-state index contributed by atoms with van der Waals surface area (Å²) in [6.07, 6.45) is 1.74. The van der Waals surface area contributed by atoms with Crippen LogP contribution >= 0.6 is 15.9 Å². The Hall–Kier alpha value is -1.90. The van der Waals surface area contributed by atoms with Crippen molar-refractivity contribution in [3.63, 3.8) is 0 Å². The van der Waals surface area contributed by atoms with Crippen LogP contribution in [0.4, 0.5) is 5.82 Å². The van der Waals surface area contributed by atoms with Crippen molar-refractivity contribution in [1.82, 2.24) is 14.8 Å². The third-order valence-corrected chi connectivity index (χ3v) is 4.87. The Morgan fingerprint density at radius 2 is 1.92 bits per heavy atom. The first-order valence-corrected chi connectivity index (χ1v) is 9.47. The Kier molecular flexibility index (Phi) is 6.29. The van der Waals surface area contributed by atoms with Crippen molar-refractivity contribution in [2.24, 2.45) is 0 Å². The summed E-state index contributed by atoms with van der Waals surface area (Å²) in [5.74, 6) is 0.756. The minimum atomic E-state index is -0.633. The fourth-order valence-corrected chi connectivity index (χ4v) is 3.27. The number of nitrogens with one attached hydrogen (secondary N) is 1. The molecule has 1 aliphatic rings. The van der Waals surface area contributed by atoms with Gasteiger partial charge in [-0.15, -0.1) is 0 Å². The molecule has 2 aromatic rings. The molecule has 1 amide bonds. The van der Waals surface area contributed by atoms with E-state index in [1.807, 2.05) is 41.3 Å². The Morgan fingerprint density at radius 3 is 2.58 bits per heavy atom. The summed E-state index contributed by atoms with van der Waals surface area (Å²) in [6.45, 7) is 5.58. The average molecular weight is 417 g/mol. The molecule has 1 fully saturated rings. The largest absolute Gasteiger partial charge is 0.433 e. The molecule has 3 rings (SSSR count). The molecule has 1 aliphatic heterocycles. The van der Waals surface area contributed by atoms with E-state index in [9.17, 15) is 9.82 Å². The number of carbonyl (C=O) groups excluding carboxylic acids is 1. The van der Waals surface area contributed by atoms with Gasteiger partial charge in [-0.05, 0) is 48.8 Å². The third kappa shape index (κ3) is 5.06. The second kappa shape index (κ2) is 8.66. The van der Waals surface area contributed by atoms with Crippen LogP contribution in [0.2, 0.25) is 6.82 Å². The fourth-order valence-electron chi connectivity index (χ4n) is 3.01. The summed E-state index contributed by atoms with van der Waals surface area (Å²) in [4.78, 5) is 21.0. The van der Waals surface area contributed by atoms with Crippen molar-refractivity contribution in [3.8, 4) is 0 Å². The average Bonchev–Trinajstić information content (AvgIpc) is 2.62. The first-order valence-electron chi connectivity index (χ1n) is 8.68. The van der Waals surface area contributed by atoms with Crippen molar-refractivity contribution in [1.29, 1.82) is 0 Å². The lowest BCUT2D eigenvalue weighted by Gasteiger charge is -2.34. The second-order valence-corrected chi connectivity index (χ2v) is 7.36. The topological polar surface area (TPSA) is 68.7 Å². The molecule has 0 saturated carbocycles. The van der Waals surface area contributed by atoms with E-state index in [4.69, 9.17) is 0 Å². The zero-order valence-electron chi connectivity index (χ0n) is 14.7. The van der Waals surface area contributed by atoms with Crippen LogP contribution in [0, 0.1) is 0 Å². The Bertz CT molecular complexity index is 749. The predicted molar refractivity (Wildman–Crippen MR) is 107 cm³/mol. The van der Waals surface area contributed by atoms with E-state index < -0.39 is 7.05 Å². The second-order valence-electron chi connectivity index (χ2n) is 6.44. The minimum absolute atomic E-state index is 0.0875. The molecule has 8 heteroatoms. The number of hydrogen-bond acceptors (Lipinski definition) is 5. The molecular formula is C18H22BBrN4O2. The zero-order chi connectivity index (χ0) is 18.5. The van der Waals surface area contributed by atoms with Gasteiger partial charge in [-0.3, -0.25) is 9.69 Å². The van der Waals surface area contributed by atoms with Crippen LogP contribution in [0.3, 0.4) is 0 Å². The summed E-state index contributed by atoms with van der Waals surface area (Å²) in [5.41, 5.74) is 1.86. The van der Waals surface area contributed by atoms with Crippen LogP contribution in [0.25, 0.3) is 0 Å². The number of amides is 1. The van der Waals surface area contributed by atoms with Crippen molar-refractivity contribution < 1.29 is 9.82 Å². The molecule has 0 aliphatic carbocycles. The number of carbonyl (C=O) groups is 1. The zero-order valence-corrected chi connectivity index (χ0v) is 16.3. The van der Waals surface area contributed by atoms with Crippen molar-refractivity contribution in [2.45, 2.75) is 13.4 Å². The van der Waals surface area contributed by atoms with Gasteiger partial charge < -0.3 is 15.2 Å². The van der Waals surface area contributed by atoms with Gasteiger partial charge in [0.2, 0.25) is 0 Å². The molecule has 136 valence electrons. The first kappa shape index (κ1) is 18.9. The Labute approximate surface area is 162 Å². The SMILES string of the molecule is CB(O)Nc1cc(CN2CCN(C(=O)c3ccc(Br)cc3)CC2)ccn1. The Morgan fingerprint density at radius 1 is 1.23 bits per heavy atom. The lowest BCUT2D eigenvalue weighted by Crippen LogP contribution is -2.48. The molecule has 1 aromatic carbocycles. The normalized spacial score (nSPS) is 15.0. The van der Waals surface area contributed by atoms with E-state index in [1.54, 1.807) is 13.0 Å². The van der Waals surface area contributed by atoms with E-state index in [2.05, 4.69) is 31.0 Å². The monoisotopic (exact) mass is 416 g/mol. The molecule has 2 heterocycles. The van der Waals surface area contributed by atoms with Crippen LogP contribution in [0.1, 0.15) is 15.9 Å². The van der Waals surface area contributed by atoms with Gasteiger partial charge in [-0.1, -0.05) is 15.9 Å². The molecular weight excluding hydrogens is 395 g/mol. The smallest absolute Gasteiger partial charge is 0.408 e. The minimum Gasteiger partial charge on any atom is -0.433 e. The van der Waals surface area contributed by atoms with E-state index in [-0.39, 0.29) is 5.91 Å². The number of anilines is 1. The van der Waals surface area contributed by atoms with Crippen LogP contribution in [-0.4, -0.2) is 58.9 Å². The highest BCUT2D eigenvalue weighted by atomic mass is 79.9. The van der Waals surface area contributed by atoms with Gasteiger partial charge in [0, 0.05) is 49.0 Å². The molecule has 0 atom stereocenters. The first-order chi connectivity index (χ1) is 12.5. The van der Waals surface area contributed by atoms with Gasteiger partial charge >= 0.3 is 7.05 Å². The molecule has 0 radical (unpaired) electrons. The van der Waals surface area contributed by atoms with Crippen LogP contribution in [-0.2, 0) is 6.54 Å². The van der Waals surface area contributed by atoms with E-state index in [1.165, 1.54) is 0 Å². The highest BCUT2D eigenvalue weighted by Gasteiger charge is 2.22. The van der Waals surface area contributed by atoms with E-state index in [0.29, 0.717) is 5.82 Å². The van der Waals surface area contributed by atoms with Gasteiger partial charge in [-0.25, -0.2) is 4.98 Å². The number of aromatic nitrogens is 1. The van der Waals surface area contributed by atoms with E-state index in [0.717, 1.165) is 48.3 Å². The number of nitrogens with zero attached hydrogens (tertiary/aromatic N) is 3. The van der Waals surface area contributed by atoms with Gasteiger partial charge in [0.05, 0.1) is 0 Å². The number of rotatable bonds is 5. The number of benzene rings is 1. The van der Waals surface area contributed by atoms with Crippen LogP contribution in [0.15, 0.2) is 47.1 Å². The maximum atomic E-state index is 12.6. The Balaban J connectivity index is 1.54. The van der Waals surface area contributed by atoms with Gasteiger partial charge in [0.25, 0.3) is 5.91 Å². The molecule has 0 unspecified atom stereocenters.